The van der Waals surface area contributed by atoms with Crippen LogP contribution in [0.5, 0.6) is 0 Å². The van der Waals surface area contributed by atoms with E-state index >= 15 is 0 Å². The summed E-state index contributed by atoms with van der Waals surface area (Å²) in [5.74, 6) is -0.0590. The van der Waals surface area contributed by atoms with Crippen molar-refractivity contribution in [2.45, 2.75) is 25.9 Å². The van der Waals surface area contributed by atoms with Gasteiger partial charge in [0.25, 0.3) is 5.56 Å². The molecule has 0 saturated heterocycles. The van der Waals surface area contributed by atoms with Crippen molar-refractivity contribution in [2.24, 2.45) is 0 Å². The molecule has 0 radical (unpaired) electrons. The third-order valence-electron chi connectivity index (χ3n) is 5.21. The van der Waals surface area contributed by atoms with Gasteiger partial charge < -0.3 is 5.32 Å². The Hall–Kier alpha value is -3.09. The molecule has 0 fully saturated rings. The zero-order valence-corrected chi connectivity index (χ0v) is 19.6. The van der Waals surface area contributed by atoms with Gasteiger partial charge in [-0.15, -0.1) is 0 Å². The summed E-state index contributed by atoms with van der Waals surface area (Å²) in [6.07, 6.45) is 0. The molecule has 0 unspecified atom stereocenters. The Bertz CT molecular complexity index is 1400. The number of carbonyl (C=O) groups excluding carboxylic acids is 1. The number of hydrogen-bond acceptors (Lipinski definition) is 4. The minimum absolute atomic E-state index is 0.109. The number of anilines is 1. The SMILES string of the molecule is Cc1ccc(NC(=O)CSc2nc3ccccc3c(=O)n2-c2cccc(Cl)c2C)c(C)c1. The molecule has 7 heteroatoms. The molecule has 3 aromatic carbocycles. The lowest BCUT2D eigenvalue weighted by molar-refractivity contribution is -0.113. The van der Waals surface area contributed by atoms with E-state index < -0.39 is 0 Å². The molecule has 1 N–H and O–H groups in total. The minimum Gasteiger partial charge on any atom is -0.325 e. The summed E-state index contributed by atoms with van der Waals surface area (Å²) < 4.78 is 1.54. The Kier molecular flexibility index (Phi) is 6.35. The first-order chi connectivity index (χ1) is 15.3. The fourth-order valence-corrected chi connectivity index (χ4v) is 4.51. The van der Waals surface area contributed by atoms with Crippen LogP contribution >= 0.6 is 23.4 Å². The van der Waals surface area contributed by atoms with Gasteiger partial charge in [0.05, 0.1) is 22.3 Å². The number of nitrogens with one attached hydrogen (secondary N) is 1. The Labute approximate surface area is 195 Å². The van der Waals surface area contributed by atoms with Gasteiger partial charge in [-0.2, -0.15) is 0 Å². The van der Waals surface area contributed by atoms with Crippen molar-refractivity contribution in [2.75, 3.05) is 11.1 Å². The summed E-state index contributed by atoms with van der Waals surface area (Å²) in [6, 6.07) is 18.5. The largest absolute Gasteiger partial charge is 0.325 e. The molecule has 0 aliphatic rings. The van der Waals surface area contributed by atoms with Gasteiger partial charge in [0.15, 0.2) is 5.16 Å². The van der Waals surface area contributed by atoms with Crippen molar-refractivity contribution in [1.82, 2.24) is 9.55 Å². The molecule has 1 amide bonds. The van der Waals surface area contributed by atoms with Crippen LogP contribution in [0.1, 0.15) is 16.7 Å². The topological polar surface area (TPSA) is 64.0 Å². The number of amides is 1. The first-order valence-corrected chi connectivity index (χ1v) is 11.5. The third kappa shape index (κ3) is 4.42. The van der Waals surface area contributed by atoms with E-state index in [0.29, 0.717) is 26.8 Å². The number of halogens is 1. The molecule has 0 spiro atoms. The van der Waals surface area contributed by atoms with Crippen molar-refractivity contribution in [1.29, 1.82) is 0 Å². The van der Waals surface area contributed by atoms with Crippen molar-refractivity contribution in [3.8, 4) is 5.69 Å². The number of rotatable bonds is 5. The van der Waals surface area contributed by atoms with Crippen LogP contribution in [0.3, 0.4) is 0 Å². The summed E-state index contributed by atoms with van der Waals surface area (Å²) >= 11 is 7.54. The van der Waals surface area contributed by atoms with Crippen LogP contribution in [0.25, 0.3) is 16.6 Å². The fourth-order valence-electron chi connectivity index (χ4n) is 3.53. The Morgan fingerprint density at radius 3 is 2.62 bits per heavy atom. The summed E-state index contributed by atoms with van der Waals surface area (Å²) in [5.41, 5.74) is 4.72. The number of aryl methyl sites for hydroxylation is 2. The van der Waals surface area contributed by atoms with Crippen molar-refractivity contribution in [3.63, 3.8) is 0 Å². The number of fused-ring (bicyclic) bond motifs is 1. The van der Waals surface area contributed by atoms with Crippen LogP contribution < -0.4 is 10.9 Å². The molecular weight excluding hydrogens is 442 g/mol. The number of carbonyl (C=O) groups is 1. The monoisotopic (exact) mass is 463 g/mol. The second-order valence-corrected chi connectivity index (χ2v) is 8.94. The second-order valence-electron chi connectivity index (χ2n) is 7.59. The first-order valence-electron chi connectivity index (χ1n) is 10.1. The van der Waals surface area contributed by atoms with Crippen LogP contribution in [0, 0.1) is 20.8 Å². The average Bonchev–Trinajstić information content (AvgIpc) is 2.77. The first kappa shape index (κ1) is 22.1. The summed E-state index contributed by atoms with van der Waals surface area (Å²) in [4.78, 5) is 30.8. The van der Waals surface area contributed by atoms with Crippen LogP contribution in [-0.2, 0) is 4.79 Å². The molecule has 0 aliphatic carbocycles. The highest BCUT2D eigenvalue weighted by Crippen LogP contribution is 2.27. The Morgan fingerprint density at radius 1 is 1.06 bits per heavy atom. The molecule has 0 atom stereocenters. The van der Waals surface area contributed by atoms with Gasteiger partial charge in [-0.05, 0) is 62.2 Å². The molecule has 0 bridgehead atoms. The normalized spacial score (nSPS) is 11.0. The lowest BCUT2D eigenvalue weighted by Gasteiger charge is -2.16. The molecule has 0 aliphatic heterocycles. The molecule has 1 aromatic heterocycles. The molecular formula is C25H22ClN3O2S. The lowest BCUT2D eigenvalue weighted by atomic mass is 10.1. The van der Waals surface area contributed by atoms with E-state index in [-0.39, 0.29) is 17.2 Å². The quantitative estimate of drug-likeness (QED) is 0.305. The number of nitrogens with zero attached hydrogens (tertiary/aromatic N) is 2. The Morgan fingerprint density at radius 2 is 1.84 bits per heavy atom. The summed E-state index contributed by atoms with van der Waals surface area (Å²) in [6.45, 7) is 5.83. The third-order valence-corrected chi connectivity index (χ3v) is 6.56. The highest BCUT2D eigenvalue weighted by Gasteiger charge is 2.17. The van der Waals surface area contributed by atoms with E-state index in [9.17, 15) is 9.59 Å². The van der Waals surface area contributed by atoms with Gasteiger partial charge in [-0.1, -0.05) is 59.3 Å². The van der Waals surface area contributed by atoms with Gasteiger partial charge in [-0.3, -0.25) is 14.2 Å². The molecule has 0 saturated carbocycles. The number of aromatic nitrogens is 2. The van der Waals surface area contributed by atoms with Crippen molar-refractivity contribution in [3.05, 3.63) is 92.7 Å². The van der Waals surface area contributed by atoms with Crippen LogP contribution in [0.4, 0.5) is 5.69 Å². The number of hydrogen-bond donors (Lipinski definition) is 1. The maximum Gasteiger partial charge on any atom is 0.266 e. The van der Waals surface area contributed by atoms with Gasteiger partial charge in [0.2, 0.25) is 5.91 Å². The standard InChI is InChI=1S/C25H22ClN3O2S/c1-15-11-12-20(16(2)13-15)27-23(30)14-32-25-28-21-9-5-4-7-18(21)24(31)29(25)22-10-6-8-19(26)17(22)3/h4-13H,14H2,1-3H3,(H,27,30). The average molecular weight is 464 g/mol. The van der Waals surface area contributed by atoms with E-state index in [2.05, 4.69) is 5.32 Å². The summed E-state index contributed by atoms with van der Waals surface area (Å²) in [7, 11) is 0. The molecule has 1 heterocycles. The van der Waals surface area contributed by atoms with E-state index in [1.165, 1.54) is 11.8 Å². The zero-order valence-electron chi connectivity index (χ0n) is 18.0. The van der Waals surface area contributed by atoms with Crippen molar-refractivity contribution < 1.29 is 4.79 Å². The number of para-hydroxylation sites is 1. The van der Waals surface area contributed by atoms with Crippen molar-refractivity contribution >= 4 is 45.9 Å². The molecule has 32 heavy (non-hydrogen) atoms. The lowest BCUT2D eigenvalue weighted by Crippen LogP contribution is -2.23. The smallest absolute Gasteiger partial charge is 0.266 e. The predicted molar refractivity (Wildman–Crippen MR) is 132 cm³/mol. The maximum atomic E-state index is 13.4. The zero-order chi connectivity index (χ0) is 22.8. The van der Waals surface area contributed by atoms with Gasteiger partial charge in [0, 0.05) is 10.7 Å². The second kappa shape index (κ2) is 9.18. The molecule has 5 nitrogen and oxygen atoms in total. The number of thioether (sulfide) groups is 1. The predicted octanol–water partition coefficient (Wildman–Crippen LogP) is 5.70. The van der Waals surface area contributed by atoms with Gasteiger partial charge in [-0.25, -0.2) is 4.98 Å². The minimum atomic E-state index is -0.196. The highest BCUT2D eigenvalue weighted by molar-refractivity contribution is 7.99. The van der Waals surface area contributed by atoms with E-state index in [0.717, 1.165) is 22.4 Å². The summed E-state index contributed by atoms with van der Waals surface area (Å²) in [5, 5.41) is 4.45. The van der Waals surface area contributed by atoms with Gasteiger partial charge in [0.1, 0.15) is 0 Å². The fraction of sp³-hybridized carbons (Fsp3) is 0.160. The van der Waals surface area contributed by atoms with Crippen LogP contribution in [0.2, 0.25) is 5.02 Å². The molecule has 162 valence electrons. The van der Waals surface area contributed by atoms with E-state index in [4.69, 9.17) is 16.6 Å². The maximum absolute atomic E-state index is 13.4. The van der Waals surface area contributed by atoms with Crippen LogP contribution in [0.15, 0.2) is 70.6 Å². The highest BCUT2D eigenvalue weighted by atomic mass is 35.5. The molecule has 4 rings (SSSR count). The number of benzene rings is 3. The van der Waals surface area contributed by atoms with Gasteiger partial charge >= 0.3 is 0 Å². The Balaban J connectivity index is 1.70. The van der Waals surface area contributed by atoms with Crippen LogP contribution in [-0.4, -0.2) is 21.2 Å². The van der Waals surface area contributed by atoms with E-state index in [1.807, 2.05) is 57.2 Å². The van der Waals surface area contributed by atoms with E-state index in [1.54, 1.807) is 28.8 Å². The molecule has 4 aromatic rings.